The number of carbonyl (C=O) groups excluding carboxylic acids is 2. The molecule has 10 nitrogen and oxygen atoms in total. The number of aromatic nitrogens is 4. The topological polar surface area (TPSA) is 139 Å². The van der Waals surface area contributed by atoms with Crippen molar-refractivity contribution in [2.45, 2.75) is 39.2 Å². The number of ketones is 1. The lowest BCUT2D eigenvalue weighted by molar-refractivity contribution is 0.101. The Labute approximate surface area is 186 Å². The smallest absolute Gasteiger partial charge is 0.320 e. The first-order valence-electron chi connectivity index (χ1n) is 10.4. The van der Waals surface area contributed by atoms with Gasteiger partial charge in [0.1, 0.15) is 11.6 Å². The Balaban J connectivity index is 2.01. The standard InChI is InChI=1S/C22H28N8O2/c1-5-15(25-6-2)8-9-17-19(13(3)31)20(23)30-21(28-17)16(12-27-30)14-7-10-18(26-11-14)29-22(32)24-4/h6-7,10-12,15,25H,2,5,8-9,23H2,1,3-4H3,(H2,24,26,29,32)/t15-/m1/s1. The van der Waals surface area contributed by atoms with Crippen LogP contribution >= 0.6 is 0 Å². The summed E-state index contributed by atoms with van der Waals surface area (Å²) in [7, 11) is 1.53. The first-order chi connectivity index (χ1) is 15.4. The van der Waals surface area contributed by atoms with Gasteiger partial charge >= 0.3 is 6.03 Å². The Bertz CT molecular complexity index is 1140. The van der Waals surface area contributed by atoms with Gasteiger partial charge in [0.05, 0.1) is 17.5 Å². The predicted molar refractivity (Wildman–Crippen MR) is 124 cm³/mol. The summed E-state index contributed by atoms with van der Waals surface area (Å²) in [5.41, 5.74) is 9.40. The van der Waals surface area contributed by atoms with E-state index in [1.54, 1.807) is 24.7 Å². The van der Waals surface area contributed by atoms with Crippen molar-refractivity contribution in [2.75, 3.05) is 18.1 Å². The van der Waals surface area contributed by atoms with Crippen molar-refractivity contribution in [1.82, 2.24) is 30.2 Å². The number of amides is 2. The van der Waals surface area contributed by atoms with Crippen molar-refractivity contribution in [3.63, 3.8) is 0 Å². The van der Waals surface area contributed by atoms with Gasteiger partial charge in [-0.05, 0) is 44.5 Å². The first kappa shape index (κ1) is 22.7. The molecule has 3 heterocycles. The van der Waals surface area contributed by atoms with Crippen molar-refractivity contribution in [3.05, 3.63) is 48.6 Å². The lowest BCUT2D eigenvalue weighted by atomic mass is 10.0. The summed E-state index contributed by atoms with van der Waals surface area (Å²) in [5.74, 6) is 0.524. The molecule has 0 fully saturated rings. The van der Waals surface area contributed by atoms with E-state index >= 15 is 0 Å². The number of fused-ring (bicyclic) bond motifs is 1. The molecule has 1 atom stereocenters. The third kappa shape index (κ3) is 4.69. The highest BCUT2D eigenvalue weighted by molar-refractivity contribution is 6.00. The van der Waals surface area contributed by atoms with Gasteiger partial charge in [0, 0.05) is 30.4 Å². The van der Waals surface area contributed by atoms with Crippen LogP contribution in [0.1, 0.15) is 42.7 Å². The number of anilines is 2. The van der Waals surface area contributed by atoms with Crippen LogP contribution < -0.4 is 21.7 Å². The second-order valence-electron chi connectivity index (χ2n) is 7.32. The van der Waals surface area contributed by atoms with Crippen molar-refractivity contribution >= 4 is 29.1 Å². The number of Topliss-reactive ketones (excluding diaryl/α,β-unsaturated/α-hetero) is 1. The van der Waals surface area contributed by atoms with Crippen LogP contribution in [-0.4, -0.2) is 44.5 Å². The molecular formula is C22H28N8O2. The maximum Gasteiger partial charge on any atom is 0.320 e. The maximum absolute atomic E-state index is 12.4. The molecule has 0 bridgehead atoms. The van der Waals surface area contributed by atoms with Crippen LogP contribution in [0.4, 0.5) is 16.4 Å². The van der Waals surface area contributed by atoms with Gasteiger partial charge < -0.3 is 16.4 Å². The largest absolute Gasteiger partial charge is 0.389 e. The number of nitrogens with two attached hydrogens (primary N) is 1. The molecule has 5 N–H and O–H groups in total. The fourth-order valence-corrected chi connectivity index (χ4v) is 3.52. The van der Waals surface area contributed by atoms with Gasteiger partial charge in [-0.15, -0.1) is 0 Å². The molecule has 10 heteroatoms. The van der Waals surface area contributed by atoms with Crippen LogP contribution in [0.15, 0.2) is 37.3 Å². The number of nitrogens with one attached hydrogen (secondary N) is 3. The lowest BCUT2D eigenvalue weighted by Gasteiger charge is -2.16. The van der Waals surface area contributed by atoms with Crippen molar-refractivity contribution in [2.24, 2.45) is 0 Å². The summed E-state index contributed by atoms with van der Waals surface area (Å²) in [5, 5.41) is 12.7. The van der Waals surface area contributed by atoms with Crippen LogP contribution in [0, 0.1) is 0 Å². The molecule has 0 aliphatic rings. The molecule has 0 saturated carbocycles. The van der Waals surface area contributed by atoms with Crippen molar-refractivity contribution < 1.29 is 9.59 Å². The van der Waals surface area contributed by atoms with E-state index in [0.717, 1.165) is 24.0 Å². The van der Waals surface area contributed by atoms with E-state index < -0.39 is 0 Å². The van der Waals surface area contributed by atoms with E-state index in [1.165, 1.54) is 18.5 Å². The summed E-state index contributed by atoms with van der Waals surface area (Å²) in [4.78, 5) is 32.9. The average Bonchev–Trinajstić information content (AvgIpc) is 3.21. The van der Waals surface area contributed by atoms with E-state index in [0.29, 0.717) is 29.1 Å². The fraction of sp³-hybridized carbons (Fsp3) is 0.318. The molecule has 168 valence electrons. The number of hydrogen-bond donors (Lipinski definition) is 4. The van der Waals surface area contributed by atoms with E-state index in [1.807, 2.05) is 6.07 Å². The molecule has 3 rings (SSSR count). The van der Waals surface area contributed by atoms with Crippen LogP contribution in [0.2, 0.25) is 0 Å². The Kier molecular flexibility index (Phi) is 7.04. The van der Waals surface area contributed by atoms with Crippen LogP contribution in [0.3, 0.4) is 0 Å². The Hall–Kier alpha value is -3.95. The lowest BCUT2D eigenvalue weighted by Crippen LogP contribution is -2.24. The van der Waals surface area contributed by atoms with E-state index in [-0.39, 0.29) is 23.7 Å². The molecule has 0 unspecified atom stereocenters. The van der Waals surface area contributed by atoms with Gasteiger partial charge in [0.25, 0.3) is 0 Å². The minimum absolute atomic E-state index is 0.153. The van der Waals surface area contributed by atoms with Crippen LogP contribution in [0.5, 0.6) is 0 Å². The second kappa shape index (κ2) is 9.90. The number of nitrogens with zero attached hydrogens (tertiary/aromatic N) is 4. The zero-order valence-electron chi connectivity index (χ0n) is 18.5. The summed E-state index contributed by atoms with van der Waals surface area (Å²) in [6.45, 7) is 7.29. The third-order valence-corrected chi connectivity index (χ3v) is 5.23. The molecule has 0 spiro atoms. The number of hydrogen-bond acceptors (Lipinski definition) is 7. The quantitative estimate of drug-likeness (QED) is 0.378. The van der Waals surface area contributed by atoms with Crippen molar-refractivity contribution in [3.8, 4) is 11.1 Å². The van der Waals surface area contributed by atoms with E-state index in [2.05, 4.69) is 39.5 Å². The Morgan fingerprint density at radius 1 is 1.31 bits per heavy atom. The Morgan fingerprint density at radius 2 is 2.09 bits per heavy atom. The summed E-state index contributed by atoms with van der Waals surface area (Å²) in [6.07, 6.45) is 7.21. The summed E-state index contributed by atoms with van der Waals surface area (Å²) < 4.78 is 1.48. The monoisotopic (exact) mass is 436 g/mol. The molecule has 0 aliphatic carbocycles. The molecule has 32 heavy (non-hydrogen) atoms. The number of pyridine rings is 1. The normalized spacial score (nSPS) is 11.7. The van der Waals surface area contributed by atoms with Gasteiger partial charge in [-0.1, -0.05) is 13.5 Å². The SMILES string of the molecule is C=CN[C@H](CC)CCc1nc2c(-c3ccc(NC(=O)NC)nc3)cnn2c(N)c1C(C)=O. The summed E-state index contributed by atoms with van der Waals surface area (Å²) in [6, 6.07) is 3.37. The number of nitrogen functional groups attached to an aromatic ring is 1. The molecule has 3 aromatic heterocycles. The number of urea groups is 1. The average molecular weight is 437 g/mol. The number of rotatable bonds is 9. The number of carbonyl (C=O) groups is 2. The minimum Gasteiger partial charge on any atom is -0.389 e. The van der Waals surface area contributed by atoms with Gasteiger partial charge in [0.2, 0.25) is 0 Å². The molecule has 0 saturated heterocycles. The van der Waals surface area contributed by atoms with Gasteiger partial charge in [0.15, 0.2) is 11.4 Å². The van der Waals surface area contributed by atoms with Gasteiger partial charge in [-0.2, -0.15) is 9.61 Å². The first-order valence-corrected chi connectivity index (χ1v) is 10.4. The molecule has 3 aromatic rings. The zero-order valence-corrected chi connectivity index (χ0v) is 18.5. The Morgan fingerprint density at radius 3 is 2.69 bits per heavy atom. The molecule has 0 radical (unpaired) electrons. The van der Waals surface area contributed by atoms with Crippen LogP contribution in [0.25, 0.3) is 16.8 Å². The zero-order chi connectivity index (χ0) is 23.3. The molecule has 0 aliphatic heterocycles. The summed E-state index contributed by atoms with van der Waals surface area (Å²) >= 11 is 0. The highest BCUT2D eigenvalue weighted by Crippen LogP contribution is 2.28. The number of aryl methyl sites for hydroxylation is 1. The molecule has 0 aromatic carbocycles. The molecular weight excluding hydrogens is 408 g/mol. The highest BCUT2D eigenvalue weighted by Gasteiger charge is 2.21. The van der Waals surface area contributed by atoms with Gasteiger partial charge in [-0.3, -0.25) is 10.1 Å². The predicted octanol–water partition coefficient (Wildman–Crippen LogP) is 2.77. The maximum atomic E-state index is 12.4. The van der Waals surface area contributed by atoms with E-state index in [9.17, 15) is 9.59 Å². The van der Waals surface area contributed by atoms with Crippen molar-refractivity contribution in [1.29, 1.82) is 0 Å². The second-order valence-corrected chi connectivity index (χ2v) is 7.32. The third-order valence-electron chi connectivity index (χ3n) is 5.23. The van der Waals surface area contributed by atoms with Crippen LogP contribution in [-0.2, 0) is 6.42 Å². The highest BCUT2D eigenvalue weighted by atomic mass is 16.2. The van der Waals surface area contributed by atoms with E-state index in [4.69, 9.17) is 10.7 Å². The molecule has 2 amide bonds. The minimum atomic E-state index is -0.353. The van der Waals surface area contributed by atoms with Gasteiger partial charge in [-0.25, -0.2) is 14.8 Å². The fourth-order valence-electron chi connectivity index (χ4n) is 3.52.